The fourth-order valence-electron chi connectivity index (χ4n) is 4.13. The topological polar surface area (TPSA) is 96.7 Å². The van der Waals surface area contributed by atoms with Crippen molar-refractivity contribution in [2.24, 2.45) is 0 Å². The maximum absolute atomic E-state index is 13.5. The summed E-state index contributed by atoms with van der Waals surface area (Å²) in [5.41, 5.74) is 2.04. The fraction of sp³-hybridized carbons (Fsp3) is 0.0385. The molecule has 36 heavy (non-hydrogen) atoms. The highest BCUT2D eigenvalue weighted by molar-refractivity contribution is 7.15. The molecule has 2 amide bonds. The summed E-state index contributed by atoms with van der Waals surface area (Å²) in [5, 5.41) is 7.01. The van der Waals surface area contributed by atoms with Crippen molar-refractivity contribution in [3.8, 4) is 11.4 Å². The lowest BCUT2D eigenvalue weighted by atomic mass is 10.1. The van der Waals surface area contributed by atoms with E-state index in [9.17, 15) is 18.8 Å². The Labute approximate surface area is 206 Å². The SMILES string of the molecule is O=C(CN1C(=O)C(=c2sc3nc(-c4ccccc4)nn3c2=O)c2ccccc21)Nc1ccc(F)cc1. The van der Waals surface area contributed by atoms with Gasteiger partial charge in [-0.2, -0.15) is 9.50 Å². The lowest BCUT2D eigenvalue weighted by Crippen LogP contribution is -2.37. The highest BCUT2D eigenvalue weighted by Crippen LogP contribution is 2.35. The highest BCUT2D eigenvalue weighted by Gasteiger charge is 2.35. The average Bonchev–Trinajstić information content (AvgIpc) is 3.52. The second-order valence-electron chi connectivity index (χ2n) is 8.07. The number of anilines is 2. The zero-order valence-corrected chi connectivity index (χ0v) is 19.3. The van der Waals surface area contributed by atoms with Crippen LogP contribution >= 0.6 is 11.3 Å². The number of fused-ring (bicyclic) bond motifs is 2. The van der Waals surface area contributed by atoms with Gasteiger partial charge in [-0.1, -0.05) is 59.9 Å². The molecule has 10 heteroatoms. The van der Waals surface area contributed by atoms with Crippen LogP contribution in [0.15, 0.2) is 83.7 Å². The lowest BCUT2D eigenvalue weighted by molar-refractivity contribution is -0.118. The number of para-hydroxylation sites is 1. The maximum Gasteiger partial charge on any atom is 0.291 e. The molecular weight excluding hydrogens is 481 g/mol. The minimum Gasteiger partial charge on any atom is -0.325 e. The zero-order valence-electron chi connectivity index (χ0n) is 18.5. The molecule has 3 heterocycles. The highest BCUT2D eigenvalue weighted by atomic mass is 32.1. The van der Waals surface area contributed by atoms with Gasteiger partial charge in [0.25, 0.3) is 11.5 Å². The summed E-state index contributed by atoms with van der Waals surface area (Å²) < 4.78 is 14.6. The molecule has 0 radical (unpaired) electrons. The molecule has 1 N–H and O–H groups in total. The van der Waals surface area contributed by atoms with Crippen LogP contribution in [0.2, 0.25) is 0 Å². The molecule has 1 aliphatic heterocycles. The van der Waals surface area contributed by atoms with Crippen LogP contribution < -0.4 is 20.3 Å². The van der Waals surface area contributed by atoms with Crippen molar-refractivity contribution in [1.29, 1.82) is 0 Å². The first kappa shape index (κ1) is 21.8. The molecule has 0 atom stereocenters. The number of benzene rings is 3. The van der Waals surface area contributed by atoms with Gasteiger partial charge in [-0.25, -0.2) is 4.39 Å². The van der Waals surface area contributed by atoms with E-state index in [1.807, 2.05) is 30.3 Å². The average molecular weight is 498 g/mol. The quantitative estimate of drug-likeness (QED) is 0.412. The molecule has 0 fully saturated rings. The standard InChI is InChI=1S/C26H16FN5O3S/c27-16-10-12-17(13-11-16)28-20(33)14-31-19-9-5-4-8-18(19)21(24(31)34)22-25(35)32-26(36-22)29-23(30-32)15-6-2-1-3-7-15/h1-13H,14H2,(H,28,33). The number of halogens is 1. The summed E-state index contributed by atoms with van der Waals surface area (Å²) in [6, 6.07) is 21.6. The predicted molar refractivity (Wildman–Crippen MR) is 134 cm³/mol. The maximum atomic E-state index is 13.5. The monoisotopic (exact) mass is 497 g/mol. The normalized spacial score (nSPS) is 14.4. The minimum atomic E-state index is -0.463. The molecule has 0 saturated carbocycles. The molecule has 0 bridgehead atoms. The Kier molecular flexibility index (Phi) is 5.15. The van der Waals surface area contributed by atoms with Crippen LogP contribution in [0.3, 0.4) is 0 Å². The summed E-state index contributed by atoms with van der Waals surface area (Å²) in [7, 11) is 0. The van der Waals surface area contributed by atoms with E-state index in [4.69, 9.17) is 0 Å². The number of nitrogens with one attached hydrogen (secondary N) is 1. The summed E-state index contributed by atoms with van der Waals surface area (Å²) in [6.45, 7) is -0.274. The molecule has 1 aliphatic rings. The van der Waals surface area contributed by atoms with Gasteiger partial charge in [-0.3, -0.25) is 19.3 Å². The van der Waals surface area contributed by atoms with E-state index < -0.39 is 23.2 Å². The van der Waals surface area contributed by atoms with Gasteiger partial charge in [0.05, 0.1) is 11.3 Å². The van der Waals surface area contributed by atoms with Gasteiger partial charge in [-0.05, 0) is 30.3 Å². The summed E-state index contributed by atoms with van der Waals surface area (Å²) in [5.74, 6) is -0.913. The van der Waals surface area contributed by atoms with Gasteiger partial charge >= 0.3 is 0 Å². The van der Waals surface area contributed by atoms with Gasteiger partial charge in [0, 0.05) is 16.8 Å². The molecule has 6 rings (SSSR count). The zero-order chi connectivity index (χ0) is 24.8. The van der Waals surface area contributed by atoms with Crippen LogP contribution in [-0.2, 0) is 9.59 Å². The number of hydrogen-bond donors (Lipinski definition) is 1. The molecule has 0 unspecified atom stereocenters. The third-order valence-electron chi connectivity index (χ3n) is 5.77. The van der Waals surface area contributed by atoms with E-state index in [0.29, 0.717) is 27.7 Å². The Morgan fingerprint density at radius 2 is 1.67 bits per heavy atom. The largest absolute Gasteiger partial charge is 0.325 e. The summed E-state index contributed by atoms with van der Waals surface area (Å²) in [6.07, 6.45) is 0. The number of hydrogen-bond acceptors (Lipinski definition) is 6. The van der Waals surface area contributed by atoms with Gasteiger partial charge in [0.2, 0.25) is 10.9 Å². The number of thiazole rings is 1. The summed E-state index contributed by atoms with van der Waals surface area (Å²) in [4.78, 5) is 45.7. The van der Waals surface area contributed by atoms with Crippen LogP contribution in [0.5, 0.6) is 0 Å². The van der Waals surface area contributed by atoms with E-state index in [-0.39, 0.29) is 16.7 Å². The van der Waals surface area contributed by atoms with Crippen molar-refractivity contribution in [3.63, 3.8) is 0 Å². The van der Waals surface area contributed by atoms with Crippen LogP contribution in [0, 0.1) is 5.82 Å². The van der Waals surface area contributed by atoms with Gasteiger partial charge in [0.15, 0.2) is 5.82 Å². The number of carbonyl (C=O) groups is 2. The van der Waals surface area contributed by atoms with Crippen molar-refractivity contribution < 1.29 is 14.0 Å². The molecule has 0 spiro atoms. The Morgan fingerprint density at radius 1 is 0.944 bits per heavy atom. The van der Waals surface area contributed by atoms with Gasteiger partial charge < -0.3 is 5.32 Å². The Hall–Kier alpha value is -4.70. The van der Waals surface area contributed by atoms with Gasteiger partial charge in [0.1, 0.15) is 16.9 Å². The first-order valence-corrected chi connectivity index (χ1v) is 11.8. The molecule has 3 aromatic carbocycles. The van der Waals surface area contributed by atoms with Crippen LogP contribution in [0.1, 0.15) is 5.56 Å². The van der Waals surface area contributed by atoms with Crippen molar-refractivity contribution in [2.75, 3.05) is 16.8 Å². The van der Waals surface area contributed by atoms with Crippen LogP contribution in [0.4, 0.5) is 15.8 Å². The van der Waals surface area contributed by atoms with Crippen molar-refractivity contribution in [2.45, 2.75) is 0 Å². The van der Waals surface area contributed by atoms with E-state index in [1.54, 1.807) is 24.3 Å². The van der Waals surface area contributed by atoms with Crippen LogP contribution in [0.25, 0.3) is 21.9 Å². The Balaban J connectivity index is 1.39. The number of nitrogens with zero attached hydrogens (tertiary/aromatic N) is 4. The molecule has 0 aliphatic carbocycles. The van der Waals surface area contributed by atoms with Crippen molar-refractivity contribution in [3.05, 3.63) is 105 Å². The number of carbonyl (C=O) groups excluding carboxylic acids is 2. The van der Waals surface area contributed by atoms with Crippen molar-refractivity contribution >= 4 is 45.1 Å². The minimum absolute atomic E-state index is 0.212. The third kappa shape index (κ3) is 3.64. The first-order valence-electron chi connectivity index (χ1n) is 11.0. The van der Waals surface area contributed by atoms with Crippen molar-refractivity contribution in [1.82, 2.24) is 14.6 Å². The predicted octanol–water partition coefficient (Wildman–Crippen LogP) is 2.86. The Bertz CT molecular complexity index is 1760. The smallest absolute Gasteiger partial charge is 0.291 e. The third-order valence-corrected chi connectivity index (χ3v) is 6.80. The molecular formula is C26H16FN5O3S. The Morgan fingerprint density at radius 3 is 2.42 bits per heavy atom. The second kappa shape index (κ2) is 8.51. The van der Waals surface area contributed by atoms with E-state index >= 15 is 0 Å². The van der Waals surface area contributed by atoms with E-state index in [1.165, 1.54) is 33.7 Å². The van der Waals surface area contributed by atoms with Gasteiger partial charge in [-0.15, -0.1) is 5.10 Å². The number of rotatable bonds is 4. The number of aromatic nitrogens is 3. The molecule has 2 aromatic heterocycles. The fourth-order valence-corrected chi connectivity index (χ4v) is 5.13. The molecule has 0 saturated heterocycles. The second-order valence-corrected chi connectivity index (χ2v) is 9.05. The van der Waals surface area contributed by atoms with Crippen LogP contribution in [-0.4, -0.2) is 33.0 Å². The molecule has 5 aromatic rings. The summed E-state index contributed by atoms with van der Waals surface area (Å²) >= 11 is 1.09. The lowest BCUT2D eigenvalue weighted by Gasteiger charge is -2.16. The van der Waals surface area contributed by atoms with E-state index in [2.05, 4.69) is 15.4 Å². The molecule has 176 valence electrons. The first-order chi connectivity index (χ1) is 17.5. The van der Waals surface area contributed by atoms with E-state index in [0.717, 1.165) is 16.9 Å². The number of amides is 2. The molecule has 8 nitrogen and oxygen atoms in total.